The van der Waals surface area contributed by atoms with Crippen molar-refractivity contribution in [2.75, 3.05) is 4.72 Å². The lowest BCUT2D eigenvalue weighted by atomic mass is 10.2. The third-order valence-electron chi connectivity index (χ3n) is 3.22. The zero-order valence-corrected chi connectivity index (χ0v) is 14.3. The largest absolute Gasteiger partial charge is 0.358 e. The number of H-pyrrole nitrogens is 1. The summed E-state index contributed by atoms with van der Waals surface area (Å²) in [5, 5.41) is 5.64. The minimum atomic E-state index is -4.00. The van der Waals surface area contributed by atoms with Crippen molar-refractivity contribution in [2.24, 2.45) is 5.14 Å². The Bertz CT molecular complexity index is 1120. The van der Waals surface area contributed by atoms with Crippen LogP contribution in [0, 0.1) is 0 Å². The molecule has 126 valence electrons. The average molecular weight is 387 g/mol. The second-order valence-electron chi connectivity index (χ2n) is 4.85. The molecule has 4 N–H and O–H groups in total. The number of nitrogens with zero attached hydrogens (tertiary/aromatic N) is 1. The fraction of sp³-hybridized carbons (Fsp3) is 0. The van der Waals surface area contributed by atoms with Gasteiger partial charge < -0.3 is 4.98 Å². The molecule has 8 nitrogen and oxygen atoms in total. The lowest BCUT2D eigenvalue weighted by Crippen LogP contribution is -2.16. The summed E-state index contributed by atoms with van der Waals surface area (Å²) in [5.74, 6) is 0. The summed E-state index contributed by atoms with van der Waals surface area (Å²) in [5.41, 5.74) is 0.829. The number of halogens is 1. The number of aromatic amines is 1. The highest BCUT2D eigenvalue weighted by molar-refractivity contribution is 7.92. The second kappa shape index (κ2) is 5.74. The Kier molecular flexibility index (Phi) is 4.00. The van der Waals surface area contributed by atoms with E-state index in [4.69, 9.17) is 16.7 Å². The maximum Gasteiger partial charge on any atom is 0.263 e. The Morgan fingerprint density at radius 3 is 2.50 bits per heavy atom. The third kappa shape index (κ3) is 3.08. The van der Waals surface area contributed by atoms with Crippen LogP contribution in [0.1, 0.15) is 0 Å². The molecule has 0 aliphatic carbocycles. The van der Waals surface area contributed by atoms with Crippen molar-refractivity contribution in [2.45, 2.75) is 9.92 Å². The quantitative estimate of drug-likeness (QED) is 0.626. The van der Waals surface area contributed by atoms with Gasteiger partial charge in [0, 0.05) is 17.8 Å². The minimum absolute atomic E-state index is 0.204. The Morgan fingerprint density at radius 2 is 1.88 bits per heavy atom. The van der Waals surface area contributed by atoms with Gasteiger partial charge in [0.15, 0.2) is 5.03 Å². The summed E-state index contributed by atoms with van der Waals surface area (Å²) in [7, 11) is -7.97. The first kappa shape index (κ1) is 16.7. The average Bonchev–Trinajstić information content (AvgIpc) is 2.89. The fourth-order valence-electron chi connectivity index (χ4n) is 2.10. The topological polar surface area (TPSA) is 135 Å². The molecule has 0 bridgehead atoms. The maximum absolute atomic E-state index is 12.4. The number of fused-ring (bicyclic) bond motifs is 1. The number of benzene rings is 1. The maximum atomic E-state index is 12.4. The van der Waals surface area contributed by atoms with E-state index in [1.54, 1.807) is 24.4 Å². The number of hydrogen-bond donors (Lipinski definition) is 3. The molecule has 0 amide bonds. The van der Waals surface area contributed by atoms with Crippen LogP contribution < -0.4 is 9.86 Å². The zero-order chi connectivity index (χ0) is 17.5. The van der Waals surface area contributed by atoms with Crippen molar-refractivity contribution < 1.29 is 16.8 Å². The molecule has 0 saturated carbocycles. The van der Waals surface area contributed by atoms with Gasteiger partial charge in [-0.3, -0.25) is 4.72 Å². The monoisotopic (exact) mass is 386 g/mol. The van der Waals surface area contributed by atoms with E-state index in [9.17, 15) is 16.8 Å². The van der Waals surface area contributed by atoms with E-state index < -0.39 is 25.1 Å². The molecule has 0 atom stereocenters. The summed E-state index contributed by atoms with van der Waals surface area (Å²) >= 11 is 6.01. The van der Waals surface area contributed by atoms with Crippen LogP contribution in [-0.4, -0.2) is 26.8 Å². The lowest BCUT2D eigenvalue weighted by Gasteiger charge is -2.09. The highest BCUT2D eigenvalue weighted by atomic mass is 35.5. The van der Waals surface area contributed by atoms with E-state index in [0.29, 0.717) is 21.6 Å². The lowest BCUT2D eigenvalue weighted by molar-refractivity contribution is 0.591. The zero-order valence-electron chi connectivity index (χ0n) is 11.9. The summed E-state index contributed by atoms with van der Waals surface area (Å²) < 4.78 is 49.6. The van der Waals surface area contributed by atoms with Crippen molar-refractivity contribution in [1.82, 2.24) is 9.97 Å². The molecular formula is C13H11ClN4O4S2. The number of rotatable bonds is 4. The summed E-state index contributed by atoms with van der Waals surface area (Å²) in [6.45, 7) is 0. The number of anilines is 1. The number of pyridine rings is 1. The van der Waals surface area contributed by atoms with E-state index in [-0.39, 0.29) is 4.90 Å². The number of sulfonamides is 2. The molecule has 0 aliphatic heterocycles. The molecular weight excluding hydrogens is 376 g/mol. The van der Waals surface area contributed by atoms with Crippen LogP contribution in [0.15, 0.2) is 52.6 Å². The molecule has 3 aromatic rings. The van der Waals surface area contributed by atoms with Gasteiger partial charge in [-0.1, -0.05) is 23.7 Å². The molecule has 2 aromatic heterocycles. The molecule has 0 fully saturated rings. The molecule has 0 unspecified atom stereocenters. The van der Waals surface area contributed by atoms with Gasteiger partial charge in [-0.15, -0.1) is 0 Å². The van der Waals surface area contributed by atoms with Crippen molar-refractivity contribution >= 4 is 48.2 Å². The minimum Gasteiger partial charge on any atom is -0.358 e. The van der Waals surface area contributed by atoms with Crippen molar-refractivity contribution in [1.29, 1.82) is 0 Å². The van der Waals surface area contributed by atoms with Gasteiger partial charge >= 0.3 is 0 Å². The normalized spacial score (nSPS) is 12.4. The number of hydrogen-bond acceptors (Lipinski definition) is 5. The molecule has 0 radical (unpaired) electrons. The van der Waals surface area contributed by atoms with Crippen LogP contribution in [0.3, 0.4) is 0 Å². The number of nitrogens with one attached hydrogen (secondary N) is 2. The van der Waals surface area contributed by atoms with Gasteiger partial charge in [0.25, 0.3) is 20.0 Å². The smallest absolute Gasteiger partial charge is 0.263 e. The van der Waals surface area contributed by atoms with Crippen LogP contribution >= 0.6 is 11.6 Å². The van der Waals surface area contributed by atoms with Crippen LogP contribution in [0.4, 0.5) is 5.69 Å². The molecule has 0 spiro atoms. The SMILES string of the molecule is NS(=O)(=O)c1ccc(S(=O)(=O)Nc2cccc3c(Cl)c[nH]c23)cn1. The second-order valence-corrected chi connectivity index (χ2v) is 8.45. The number of primary sulfonamides is 1. The molecule has 24 heavy (non-hydrogen) atoms. The molecule has 0 aliphatic rings. The van der Waals surface area contributed by atoms with Crippen LogP contribution in [-0.2, 0) is 20.0 Å². The van der Waals surface area contributed by atoms with Gasteiger partial charge in [0.1, 0.15) is 4.90 Å². The highest BCUT2D eigenvalue weighted by Gasteiger charge is 2.18. The van der Waals surface area contributed by atoms with Gasteiger partial charge in [-0.25, -0.2) is 27.0 Å². The predicted octanol–water partition coefficient (Wildman–Crippen LogP) is 1.66. The van der Waals surface area contributed by atoms with Gasteiger partial charge in [-0.05, 0) is 18.2 Å². The van der Waals surface area contributed by atoms with Gasteiger partial charge in [0.05, 0.1) is 16.2 Å². The summed E-state index contributed by atoms with van der Waals surface area (Å²) in [6, 6.07) is 7.10. The number of aromatic nitrogens is 2. The summed E-state index contributed by atoms with van der Waals surface area (Å²) in [6.07, 6.45) is 2.47. The third-order valence-corrected chi connectivity index (χ3v) is 5.71. The number of nitrogens with two attached hydrogens (primary N) is 1. The first-order valence-corrected chi connectivity index (χ1v) is 9.86. The Balaban J connectivity index is 1.99. The highest BCUT2D eigenvalue weighted by Crippen LogP contribution is 2.29. The predicted molar refractivity (Wildman–Crippen MR) is 89.7 cm³/mol. The van der Waals surface area contributed by atoms with E-state index in [1.165, 1.54) is 0 Å². The van der Waals surface area contributed by atoms with Crippen LogP contribution in [0.5, 0.6) is 0 Å². The number of para-hydroxylation sites is 1. The molecule has 3 rings (SSSR count). The Labute approximate surface area is 142 Å². The van der Waals surface area contributed by atoms with Crippen molar-refractivity contribution in [3.63, 3.8) is 0 Å². The van der Waals surface area contributed by atoms with Crippen LogP contribution in [0.2, 0.25) is 5.02 Å². The van der Waals surface area contributed by atoms with Crippen molar-refractivity contribution in [3.8, 4) is 0 Å². The van der Waals surface area contributed by atoms with Crippen LogP contribution in [0.25, 0.3) is 10.9 Å². The van der Waals surface area contributed by atoms with E-state index in [2.05, 4.69) is 14.7 Å². The molecule has 2 heterocycles. The molecule has 11 heteroatoms. The molecule has 1 aromatic carbocycles. The van der Waals surface area contributed by atoms with E-state index >= 15 is 0 Å². The Hall–Kier alpha value is -2.14. The van der Waals surface area contributed by atoms with Gasteiger partial charge in [-0.2, -0.15) is 0 Å². The molecule has 0 saturated heterocycles. The Morgan fingerprint density at radius 1 is 1.12 bits per heavy atom. The standard InChI is InChI=1S/C13H11ClN4O4S2/c14-10-7-17-13-9(10)2-1-3-11(13)18-24(21,22)8-4-5-12(16-6-8)23(15,19)20/h1-7,17-18H,(H2,15,19,20). The first-order valence-electron chi connectivity index (χ1n) is 6.46. The fourth-order valence-corrected chi connectivity index (χ4v) is 3.79. The van der Waals surface area contributed by atoms with E-state index in [0.717, 1.165) is 18.3 Å². The van der Waals surface area contributed by atoms with Crippen molar-refractivity contribution in [3.05, 3.63) is 47.7 Å². The van der Waals surface area contributed by atoms with Gasteiger partial charge in [0.2, 0.25) is 0 Å². The van der Waals surface area contributed by atoms with E-state index in [1.807, 2.05) is 0 Å². The first-order chi connectivity index (χ1) is 11.2. The summed E-state index contributed by atoms with van der Waals surface area (Å²) in [4.78, 5) is 6.25.